The van der Waals surface area contributed by atoms with E-state index in [1.54, 1.807) is 30.3 Å². The fourth-order valence-electron chi connectivity index (χ4n) is 3.19. The number of nitrogens with zero attached hydrogens (tertiary/aromatic N) is 4. The molecule has 4 rings (SSSR count). The molecule has 2 aromatic carbocycles. The van der Waals surface area contributed by atoms with Crippen molar-refractivity contribution in [2.75, 3.05) is 5.32 Å². The van der Waals surface area contributed by atoms with Crippen LogP contribution in [-0.2, 0) is 11.3 Å². The first-order valence-electron chi connectivity index (χ1n) is 8.99. The number of aryl methyl sites for hydroxylation is 2. The van der Waals surface area contributed by atoms with Crippen LogP contribution in [0.25, 0.3) is 16.8 Å². The number of hydrogen-bond donors (Lipinski definition) is 1. The molecule has 4 aromatic rings. The number of fused-ring (bicyclic) bond motifs is 1. The van der Waals surface area contributed by atoms with E-state index in [1.807, 2.05) is 26.0 Å². The molecule has 0 unspecified atom stereocenters. The SMILES string of the molecule is Cc1ccc(-c2cc3c(=O)n(CC(=O)Nc4cccc(Cl)c4)ncn3n2)c(C)c1. The smallest absolute Gasteiger partial charge is 0.293 e. The lowest BCUT2D eigenvalue weighted by molar-refractivity contribution is -0.117. The Bertz CT molecular complexity index is 1290. The maximum Gasteiger partial charge on any atom is 0.293 e. The van der Waals surface area contributed by atoms with E-state index in [0.29, 0.717) is 21.9 Å². The predicted molar refractivity (Wildman–Crippen MR) is 112 cm³/mol. The Kier molecular flexibility index (Phi) is 4.90. The Morgan fingerprint density at radius 1 is 1.14 bits per heavy atom. The largest absolute Gasteiger partial charge is 0.324 e. The van der Waals surface area contributed by atoms with Crippen LogP contribution in [0.4, 0.5) is 5.69 Å². The molecule has 146 valence electrons. The normalized spacial score (nSPS) is 11.0. The van der Waals surface area contributed by atoms with Gasteiger partial charge in [-0.15, -0.1) is 0 Å². The van der Waals surface area contributed by atoms with Crippen molar-refractivity contribution in [3.63, 3.8) is 0 Å². The molecule has 0 atom stereocenters. The van der Waals surface area contributed by atoms with Crippen molar-refractivity contribution < 1.29 is 4.79 Å². The third-order valence-corrected chi connectivity index (χ3v) is 4.78. The molecular weight excluding hydrogens is 390 g/mol. The van der Waals surface area contributed by atoms with Crippen molar-refractivity contribution in [1.29, 1.82) is 0 Å². The average Bonchev–Trinajstić information content (AvgIpc) is 3.09. The molecule has 2 heterocycles. The van der Waals surface area contributed by atoms with Gasteiger partial charge in [0.05, 0.1) is 5.69 Å². The van der Waals surface area contributed by atoms with Crippen LogP contribution in [0.15, 0.2) is 59.7 Å². The summed E-state index contributed by atoms with van der Waals surface area (Å²) in [6, 6.07) is 14.6. The minimum absolute atomic E-state index is 0.216. The highest BCUT2D eigenvalue weighted by Crippen LogP contribution is 2.23. The summed E-state index contributed by atoms with van der Waals surface area (Å²) in [7, 11) is 0. The summed E-state index contributed by atoms with van der Waals surface area (Å²) < 4.78 is 2.55. The first-order chi connectivity index (χ1) is 13.9. The summed E-state index contributed by atoms with van der Waals surface area (Å²) in [5.74, 6) is -0.375. The van der Waals surface area contributed by atoms with Gasteiger partial charge in [-0.1, -0.05) is 41.4 Å². The number of hydrogen-bond acceptors (Lipinski definition) is 4. The van der Waals surface area contributed by atoms with Crippen molar-refractivity contribution in [1.82, 2.24) is 19.4 Å². The molecule has 0 bridgehead atoms. The Labute approximate surface area is 171 Å². The number of rotatable bonds is 4. The van der Waals surface area contributed by atoms with Crippen LogP contribution >= 0.6 is 11.6 Å². The van der Waals surface area contributed by atoms with Crippen LogP contribution in [0, 0.1) is 13.8 Å². The number of anilines is 1. The Hall–Kier alpha value is -3.45. The van der Waals surface area contributed by atoms with Crippen LogP contribution in [0.5, 0.6) is 0 Å². The van der Waals surface area contributed by atoms with E-state index in [1.165, 1.54) is 10.8 Å². The van der Waals surface area contributed by atoms with E-state index < -0.39 is 5.56 Å². The fraction of sp³-hybridized carbons (Fsp3) is 0.143. The Morgan fingerprint density at radius 2 is 1.97 bits per heavy atom. The molecule has 0 aliphatic rings. The highest BCUT2D eigenvalue weighted by Gasteiger charge is 2.13. The number of amides is 1. The molecule has 1 amide bonds. The molecular formula is C21H18ClN5O2. The van der Waals surface area contributed by atoms with E-state index in [-0.39, 0.29) is 12.5 Å². The molecule has 0 saturated carbocycles. The number of halogens is 1. The quantitative estimate of drug-likeness (QED) is 0.561. The molecule has 0 aliphatic carbocycles. The third-order valence-electron chi connectivity index (χ3n) is 4.55. The van der Waals surface area contributed by atoms with Gasteiger partial charge in [0.15, 0.2) is 0 Å². The summed E-state index contributed by atoms with van der Waals surface area (Å²) in [6.45, 7) is 3.81. The molecule has 0 fully saturated rings. The van der Waals surface area contributed by atoms with Gasteiger partial charge >= 0.3 is 0 Å². The topological polar surface area (TPSA) is 81.3 Å². The average molecular weight is 408 g/mol. The van der Waals surface area contributed by atoms with Crippen molar-refractivity contribution in [2.24, 2.45) is 0 Å². The Balaban J connectivity index is 1.62. The van der Waals surface area contributed by atoms with E-state index in [2.05, 4.69) is 21.6 Å². The molecule has 0 spiro atoms. The molecule has 8 heteroatoms. The Morgan fingerprint density at radius 3 is 2.72 bits per heavy atom. The van der Waals surface area contributed by atoms with Gasteiger partial charge in [-0.3, -0.25) is 9.59 Å². The van der Waals surface area contributed by atoms with Gasteiger partial charge in [0.2, 0.25) is 5.91 Å². The molecule has 0 saturated heterocycles. The van der Waals surface area contributed by atoms with Crippen LogP contribution in [0.3, 0.4) is 0 Å². The number of carbonyl (C=O) groups excluding carboxylic acids is 1. The third kappa shape index (κ3) is 3.90. The lowest BCUT2D eigenvalue weighted by Gasteiger charge is -2.07. The van der Waals surface area contributed by atoms with Crippen molar-refractivity contribution >= 4 is 28.7 Å². The van der Waals surface area contributed by atoms with Crippen LogP contribution in [-0.4, -0.2) is 25.3 Å². The van der Waals surface area contributed by atoms with Crippen molar-refractivity contribution in [3.05, 3.63) is 81.4 Å². The zero-order chi connectivity index (χ0) is 20.5. The maximum atomic E-state index is 12.8. The predicted octanol–water partition coefficient (Wildman–Crippen LogP) is 3.47. The lowest BCUT2D eigenvalue weighted by atomic mass is 10.0. The van der Waals surface area contributed by atoms with Gasteiger partial charge in [-0.05, 0) is 43.7 Å². The minimum atomic E-state index is -0.391. The second-order valence-electron chi connectivity index (χ2n) is 6.83. The van der Waals surface area contributed by atoms with E-state index in [0.717, 1.165) is 21.4 Å². The molecule has 7 nitrogen and oxygen atoms in total. The first-order valence-corrected chi connectivity index (χ1v) is 9.37. The van der Waals surface area contributed by atoms with Gasteiger partial charge in [0.1, 0.15) is 18.4 Å². The van der Waals surface area contributed by atoms with Crippen molar-refractivity contribution in [2.45, 2.75) is 20.4 Å². The molecule has 29 heavy (non-hydrogen) atoms. The van der Waals surface area contributed by atoms with Gasteiger partial charge < -0.3 is 5.32 Å². The number of aromatic nitrogens is 4. The zero-order valence-corrected chi connectivity index (χ0v) is 16.6. The zero-order valence-electron chi connectivity index (χ0n) is 15.9. The van der Waals surface area contributed by atoms with Crippen LogP contribution < -0.4 is 10.9 Å². The number of carbonyl (C=O) groups is 1. The van der Waals surface area contributed by atoms with Gasteiger partial charge in [0, 0.05) is 16.3 Å². The summed E-state index contributed by atoms with van der Waals surface area (Å²) in [4.78, 5) is 25.1. The van der Waals surface area contributed by atoms with Crippen LogP contribution in [0.1, 0.15) is 11.1 Å². The summed E-state index contributed by atoms with van der Waals surface area (Å²) in [6.07, 6.45) is 1.43. The van der Waals surface area contributed by atoms with Gasteiger partial charge in [0.25, 0.3) is 5.56 Å². The summed E-state index contributed by atoms with van der Waals surface area (Å²) in [5, 5.41) is 11.7. The van der Waals surface area contributed by atoms with Crippen LogP contribution in [0.2, 0.25) is 5.02 Å². The second-order valence-corrected chi connectivity index (χ2v) is 7.27. The van der Waals surface area contributed by atoms with Crippen molar-refractivity contribution in [3.8, 4) is 11.3 Å². The second kappa shape index (κ2) is 7.52. The lowest BCUT2D eigenvalue weighted by Crippen LogP contribution is -2.30. The van der Waals surface area contributed by atoms with E-state index in [4.69, 9.17) is 11.6 Å². The van der Waals surface area contributed by atoms with Gasteiger partial charge in [-0.25, -0.2) is 9.20 Å². The molecule has 1 N–H and O–H groups in total. The number of benzene rings is 2. The molecule has 0 radical (unpaired) electrons. The van der Waals surface area contributed by atoms with Gasteiger partial charge in [-0.2, -0.15) is 10.2 Å². The highest BCUT2D eigenvalue weighted by molar-refractivity contribution is 6.30. The van der Waals surface area contributed by atoms with E-state index in [9.17, 15) is 9.59 Å². The first kappa shape index (κ1) is 18.9. The minimum Gasteiger partial charge on any atom is -0.324 e. The van der Waals surface area contributed by atoms with E-state index >= 15 is 0 Å². The number of nitrogens with one attached hydrogen (secondary N) is 1. The monoisotopic (exact) mass is 407 g/mol. The standard InChI is InChI=1S/C21H18ClN5O2/c1-13-6-7-17(14(2)8-13)18-10-19-21(29)26(23-12-27(19)25-18)11-20(28)24-16-5-3-4-15(22)9-16/h3-10,12H,11H2,1-2H3,(H,24,28). The summed E-state index contributed by atoms with van der Waals surface area (Å²) in [5.41, 5.74) is 4.37. The summed E-state index contributed by atoms with van der Waals surface area (Å²) >= 11 is 5.92. The molecule has 0 aliphatic heterocycles. The fourth-order valence-corrected chi connectivity index (χ4v) is 3.38. The highest BCUT2D eigenvalue weighted by atomic mass is 35.5. The maximum absolute atomic E-state index is 12.8. The molecule has 2 aromatic heterocycles.